The van der Waals surface area contributed by atoms with Crippen molar-refractivity contribution < 1.29 is 86.3 Å². The SMILES string of the molecule is C/C=C/C(=O)CCC(=O)C(C)(C)C.C/C=C/C(=O)CCC(=O)CCC(=O)C(C)(C)C.C=C(C)C(=O)CCC(=O)C(C)(C)C.C=C(C)C(=O)CCC(=O)CCC(=O)C(C)(C)C.C=CC(=O)NC(C)(C)C.CC(C)(C)C(=O)CCC(=O)/C=C/C1CC1.CC(C)=CC(=O)C(C)(C)C.CC(C)=CC(=O)CCC(=O)C(C)(C)C.CC/C=C/C(=O)CCC(=O)C(C)(C)C. The largest absolute Gasteiger partial charge is 0.348 e. The molecule has 0 radical (unpaired) electrons. The number of Topliss-reactive ketones (excluding diaryl/α,β-unsaturated/α-hetero) is 11. The van der Waals surface area contributed by atoms with E-state index in [1.165, 1.54) is 31.1 Å². The number of carbonyl (C=O) groups is 18. The minimum atomic E-state index is -0.395. The van der Waals surface area contributed by atoms with Crippen molar-refractivity contribution in [3.8, 4) is 0 Å². The van der Waals surface area contributed by atoms with Gasteiger partial charge in [-0.05, 0) is 155 Å². The fourth-order valence-electron chi connectivity index (χ4n) is 8.28. The molecule has 19 heteroatoms. The van der Waals surface area contributed by atoms with Crippen molar-refractivity contribution in [1.29, 1.82) is 0 Å². The summed E-state index contributed by atoms with van der Waals surface area (Å²) in [6.07, 6.45) is 26.5. The van der Waals surface area contributed by atoms with Gasteiger partial charge in [-0.15, -0.1) is 0 Å². The summed E-state index contributed by atoms with van der Waals surface area (Å²) < 4.78 is 0. The standard InChI is InChI=1S/2C14H22O3.C13H20O2.2C12H20O2.2C11H18O2.C9H16O.C7H13NO/c1-10(2)12(16)8-6-11(15)7-9-13(17)14(3,4)5;1-5-6-11(15)7-8-12(16)9-10-13(17)14(2,3)4;1-13(2,3)12(15)9-8-11(14)7-6-10-4-5-10;1-9(2)8-10(13)6-7-11(14)12(3,4)5;1-5-6-7-10(13)8-9-11(14)12(2,3)4;1-8(2)9(12)6-7-10(13)11(3,4)5;1-5-6-9(12)7-8-10(13)11(2,3)4;1-7(2)6-8(10)9(3,4)5;1-5-6(9)8-7(2,3)4/h1,6-9H2,2-5H3;5-6H,7-10H2,1-4H3;6-7,10H,4-5,8-9H2,1-3H3;8H,6-7H2,1-5H3;6-7H,5,8-9H2,1-4H3;1,6-7H2,2-5H3;5-6H,7-8H2,1-4H3;6H,1-5H3;5H,1H2,2-4H3,(H,8,9)/b;6-5+;7-6+;;7-6+;;6-5+;;. The molecule has 0 bridgehead atoms. The number of ketones is 17. The smallest absolute Gasteiger partial charge is 0.243 e. The summed E-state index contributed by atoms with van der Waals surface area (Å²) in [7, 11) is 0. The summed E-state index contributed by atoms with van der Waals surface area (Å²) >= 11 is 0. The second-order valence-electron chi connectivity index (χ2n) is 40.5. The minimum absolute atomic E-state index is 0.0135. The molecule has 0 saturated heterocycles. The molecule has 1 amide bonds. The Balaban J connectivity index is -0.000000201. The summed E-state index contributed by atoms with van der Waals surface area (Å²) in [5.74, 6) is 1.63. The number of allylic oxidation sites excluding steroid dienone is 14. The van der Waals surface area contributed by atoms with E-state index in [-0.39, 0.29) is 199 Å². The lowest BCUT2D eigenvalue weighted by atomic mass is 9.87. The first-order valence-electron chi connectivity index (χ1n) is 43.0. The molecule has 0 heterocycles. The van der Waals surface area contributed by atoms with E-state index in [0.717, 1.165) is 17.6 Å². The van der Waals surface area contributed by atoms with Crippen LogP contribution in [-0.2, 0) is 86.3 Å². The Bertz CT molecular complexity index is 3630. The van der Waals surface area contributed by atoms with Gasteiger partial charge in [-0.1, -0.05) is 228 Å². The van der Waals surface area contributed by atoms with Crippen molar-refractivity contribution in [1.82, 2.24) is 5.32 Å². The molecule has 19 nitrogen and oxygen atoms in total. The third-order valence-corrected chi connectivity index (χ3v) is 17.0. The van der Waals surface area contributed by atoms with Gasteiger partial charge in [-0.2, -0.15) is 0 Å². The summed E-state index contributed by atoms with van der Waals surface area (Å²) in [4.78, 5) is 204. The highest BCUT2D eigenvalue weighted by molar-refractivity contribution is 6.00. The van der Waals surface area contributed by atoms with Gasteiger partial charge in [0.05, 0.1) is 0 Å². The fraction of sp³-hybridized carbons (Fsp3) is 0.650. The van der Waals surface area contributed by atoms with E-state index in [4.69, 9.17) is 0 Å². The molecule has 122 heavy (non-hydrogen) atoms. The molecule has 1 aliphatic carbocycles. The average molecular weight is 1710 g/mol. The zero-order chi connectivity index (χ0) is 98.1. The molecule has 0 spiro atoms. The van der Waals surface area contributed by atoms with E-state index in [9.17, 15) is 86.3 Å². The van der Waals surface area contributed by atoms with Crippen LogP contribution in [-0.4, -0.2) is 110 Å². The first kappa shape index (κ1) is 129. The molecule has 1 fully saturated rings. The summed E-state index contributed by atoms with van der Waals surface area (Å²) in [5.41, 5.74) is 0.270. The van der Waals surface area contributed by atoms with Crippen molar-refractivity contribution >= 4 is 104 Å². The Labute approximate surface area is 739 Å². The number of amides is 1. The normalized spacial score (nSPS) is 12.0. The Morgan fingerprint density at radius 1 is 0.311 bits per heavy atom. The van der Waals surface area contributed by atoms with Crippen molar-refractivity contribution in [2.45, 2.75) is 390 Å². The molecule has 694 valence electrons. The minimum Gasteiger partial charge on any atom is -0.348 e. The highest BCUT2D eigenvalue weighted by Gasteiger charge is 2.28. The molecule has 0 aromatic rings. The van der Waals surface area contributed by atoms with Gasteiger partial charge in [0, 0.05) is 164 Å². The van der Waals surface area contributed by atoms with Crippen LogP contribution in [0, 0.1) is 49.2 Å². The lowest BCUT2D eigenvalue weighted by molar-refractivity contribution is -0.129. The third kappa shape index (κ3) is 86.5. The first-order chi connectivity index (χ1) is 54.8. The van der Waals surface area contributed by atoms with E-state index in [2.05, 4.69) is 25.1 Å². The van der Waals surface area contributed by atoms with Crippen LogP contribution in [0.2, 0.25) is 0 Å². The van der Waals surface area contributed by atoms with Crippen LogP contribution < -0.4 is 5.32 Å². The van der Waals surface area contributed by atoms with E-state index < -0.39 is 5.41 Å². The highest BCUT2D eigenvalue weighted by Crippen LogP contribution is 2.30. The van der Waals surface area contributed by atoms with Crippen LogP contribution in [0.3, 0.4) is 0 Å². The van der Waals surface area contributed by atoms with Crippen molar-refractivity contribution in [2.24, 2.45) is 49.2 Å². The zero-order valence-electron chi connectivity index (χ0n) is 83.2. The highest BCUT2D eigenvalue weighted by atomic mass is 16.2. The second kappa shape index (κ2) is 64.3. The second-order valence-corrected chi connectivity index (χ2v) is 40.5. The first-order valence-corrected chi connectivity index (χ1v) is 43.0. The maximum Gasteiger partial charge on any atom is 0.243 e. The van der Waals surface area contributed by atoms with Gasteiger partial charge in [0.2, 0.25) is 5.91 Å². The number of hydrogen-bond donors (Lipinski definition) is 1. The van der Waals surface area contributed by atoms with Gasteiger partial charge in [0.25, 0.3) is 0 Å². The lowest BCUT2D eigenvalue weighted by Gasteiger charge is -2.18. The molecule has 0 unspecified atom stereocenters. The molecule has 0 aromatic heterocycles. The molecule has 1 saturated carbocycles. The van der Waals surface area contributed by atoms with Crippen LogP contribution in [0.25, 0.3) is 0 Å². The molecule has 0 atom stereocenters. The predicted octanol–water partition coefficient (Wildman–Crippen LogP) is 23.2. The number of rotatable bonds is 38. The topological polar surface area (TPSA) is 319 Å². The van der Waals surface area contributed by atoms with Gasteiger partial charge in [-0.3, -0.25) is 86.3 Å². The average Bonchev–Trinajstić information content (AvgIpc) is 1.40. The Morgan fingerprint density at radius 3 is 0.770 bits per heavy atom. The van der Waals surface area contributed by atoms with Crippen LogP contribution >= 0.6 is 0 Å². The van der Waals surface area contributed by atoms with Gasteiger partial charge in [0.1, 0.15) is 52.0 Å². The molecule has 0 aliphatic heterocycles. The maximum absolute atomic E-state index is 11.6. The fourth-order valence-corrected chi connectivity index (χ4v) is 8.28. The van der Waals surface area contributed by atoms with Crippen LogP contribution in [0.4, 0.5) is 0 Å². The van der Waals surface area contributed by atoms with E-state index in [1.807, 2.05) is 234 Å². The predicted molar refractivity (Wildman–Crippen MR) is 501 cm³/mol. The molecule has 0 aromatic carbocycles. The lowest BCUT2D eigenvalue weighted by Crippen LogP contribution is -2.39. The van der Waals surface area contributed by atoms with E-state index >= 15 is 0 Å². The molecule has 1 aliphatic rings. The van der Waals surface area contributed by atoms with Gasteiger partial charge >= 0.3 is 0 Å². The summed E-state index contributed by atoms with van der Waals surface area (Å²) in [6.45, 7) is 77.6. The van der Waals surface area contributed by atoms with Crippen molar-refractivity contribution in [3.63, 3.8) is 0 Å². The number of nitrogens with one attached hydrogen (secondary N) is 1. The molecular formula is C103H169NO18. The van der Waals surface area contributed by atoms with Crippen LogP contribution in [0.5, 0.6) is 0 Å². The summed E-state index contributed by atoms with van der Waals surface area (Å²) in [5, 5.41) is 2.71. The summed E-state index contributed by atoms with van der Waals surface area (Å²) in [6, 6.07) is 0. The zero-order valence-corrected chi connectivity index (χ0v) is 83.2. The van der Waals surface area contributed by atoms with Crippen LogP contribution in [0.15, 0.2) is 109 Å². The van der Waals surface area contributed by atoms with E-state index in [1.54, 1.807) is 64.2 Å². The number of hydrogen-bond acceptors (Lipinski definition) is 18. The maximum atomic E-state index is 11.6. The van der Waals surface area contributed by atoms with Gasteiger partial charge in [-0.25, -0.2) is 0 Å². The molecule has 1 rings (SSSR count). The van der Waals surface area contributed by atoms with E-state index in [0.29, 0.717) is 81.3 Å². The Kier molecular flexibility index (Phi) is 68.0. The monoisotopic (exact) mass is 1710 g/mol. The molecule has 1 N–H and O–H groups in total. The quantitative estimate of drug-likeness (QED) is 0.0561. The Hall–Kier alpha value is -8.48. The Morgan fingerprint density at radius 2 is 0.549 bits per heavy atom. The molecular weight excluding hydrogens is 1540 g/mol. The van der Waals surface area contributed by atoms with Gasteiger partial charge in [0.15, 0.2) is 46.3 Å². The van der Waals surface area contributed by atoms with Crippen molar-refractivity contribution in [2.75, 3.05) is 0 Å². The van der Waals surface area contributed by atoms with Gasteiger partial charge < -0.3 is 5.32 Å². The van der Waals surface area contributed by atoms with Crippen molar-refractivity contribution in [3.05, 3.63) is 109 Å². The van der Waals surface area contributed by atoms with Crippen LogP contribution in [0.1, 0.15) is 384 Å². The number of carbonyl (C=O) groups excluding carboxylic acids is 18. The third-order valence-electron chi connectivity index (χ3n) is 17.0.